The van der Waals surface area contributed by atoms with Gasteiger partial charge in [-0.25, -0.2) is 8.78 Å². The first-order valence-electron chi connectivity index (χ1n) is 4.18. The average Bonchev–Trinajstić information content (AvgIpc) is 2.11. The van der Waals surface area contributed by atoms with E-state index >= 15 is 0 Å². The Hall–Kier alpha value is -0.960. The first-order chi connectivity index (χ1) is 6.13. The lowest BCUT2D eigenvalue weighted by Crippen LogP contribution is -2.06. The van der Waals surface area contributed by atoms with Crippen LogP contribution in [0.15, 0.2) is 18.2 Å². The number of hydrogen-bond donors (Lipinski definition) is 1. The number of aliphatic hydroxyl groups is 1. The number of benzene rings is 1. The normalized spacial score (nSPS) is 12.9. The molecule has 0 heterocycles. The molecule has 0 spiro atoms. The Morgan fingerprint density at radius 2 is 2.08 bits per heavy atom. The van der Waals surface area contributed by atoms with Crippen LogP contribution in [-0.4, -0.2) is 11.7 Å². The van der Waals surface area contributed by atoms with Gasteiger partial charge in [0.25, 0.3) is 0 Å². The van der Waals surface area contributed by atoms with E-state index in [1.807, 2.05) is 0 Å². The highest BCUT2D eigenvalue weighted by atomic mass is 19.1. The van der Waals surface area contributed by atoms with Gasteiger partial charge in [-0.3, -0.25) is 0 Å². The van der Waals surface area contributed by atoms with E-state index in [4.69, 9.17) is 5.11 Å². The molecule has 72 valence electrons. The van der Waals surface area contributed by atoms with E-state index < -0.39 is 11.6 Å². The standard InChI is InChI=1S/C10H12F2O/c1-7(6-13)4-8-5-9(11)2-3-10(8)12/h2-3,5,7,13H,4,6H2,1H3/t7-/m1/s1. The van der Waals surface area contributed by atoms with Crippen LogP contribution in [0.25, 0.3) is 0 Å². The van der Waals surface area contributed by atoms with Crippen LogP contribution in [0.4, 0.5) is 8.78 Å². The second-order valence-electron chi connectivity index (χ2n) is 3.23. The van der Waals surface area contributed by atoms with Crippen LogP contribution in [-0.2, 0) is 6.42 Å². The van der Waals surface area contributed by atoms with Crippen LogP contribution in [0.1, 0.15) is 12.5 Å². The van der Waals surface area contributed by atoms with Gasteiger partial charge in [0, 0.05) is 6.61 Å². The van der Waals surface area contributed by atoms with Crippen LogP contribution >= 0.6 is 0 Å². The molecule has 0 aliphatic carbocycles. The third-order valence-electron chi connectivity index (χ3n) is 1.89. The molecule has 3 heteroatoms. The van der Waals surface area contributed by atoms with Crippen molar-refractivity contribution in [2.45, 2.75) is 13.3 Å². The number of aliphatic hydroxyl groups excluding tert-OH is 1. The van der Waals surface area contributed by atoms with Crippen LogP contribution in [0.2, 0.25) is 0 Å². The molecule has 0 bridgehead atoms. The Bertz CT molecular complexity index is 286. The molecule has 0 aliphatic heterocycles. The van der Waals surface area contributed by atoms with Crippen molar-refractivity contribution in [2.24, 2.45) is 5.92 Å². The first-order valence-corrected chi connectivity index (χ1v) is 4.18. The molecule has 1 aromatic rings. The lowest BCUT2D eigenvalue weighted by molar-refractivity contribution is 0.236. The molecule has 0 aliphatic rings. The minimum absolute atomic E-state index is 0.0179. The van der Waals surface area contributed by atoms with Crippen molar-refractivity contribution in [1.29, 1.82) is 0 Å². The zero-order valence-corrected chi connectivity index (χ0v) is 7.43. The lowest BCUT2D eigenvalue weighted by atomic mass is 10.0. The van der Waals surface area contributed by atoms with Gasteiger partial charge in [0.2, 0.25) is 0 Å². The molecule has 0 saturated heterocycles. The monoisotopic (exact) mass is 186 g/mol. The van der Waals surface area contributed by atoms with E-state index in [9.17, 15) is 8.78 Å². The summed E-state index contributed by atoms with van der Waals surface area (Å²) in [5.74, 6) is -0.903. The van der Waals surface area contributed by atoms with Gasteiger partial charge < -0.3 is 5.11 Å². The number of halogens is 2. The average molecular weight is 186 g/mol. The van der Waals surface area contributed by atoms with Crippen molar-refractivity contribution in [1.82, 2.24) is 0 Å². The zero-order chi connectivity index (χ0) is 9.84. The van der Waals surface area contributed by atoms with Crippen molar-refractivity contribution in [3.05, 3.63) is 35.4 Å². The van der Waals surface area contributed by atoms with Gasteiger partial charge in [0.15, 0.2) is 0 Å². The van der Waals surface area contributed by atoms with Gasteiger partial charge in [-0.05, 0) is 36.1 Å². The Kier molecular flexibility index (Phi) is 3.37. The predicted octanol–water partition coefficient (Wildman–Crippen LogP) is 2.14. The highest BCUT2D eigenvalue weighted by molar-refractivity contribution is 5.19. The maximum absolute atomic E-state index is 13.0. The fourth-order valence-electron chi connectivity index (χ4n) is 1.14. The second kappa shape index (κ2) is 4.33. The van der Waals surface area contributed by atoms with E-state index in [0.717, 1.165) is 12.1 Å². The maximum atomic E-state index is 13.0. The number of hydrogen-bond acceptors (Lipinski definition) is 1. The highest BCUT2D eigenvalue weighted by Crippen LogP contribution is 2.14. The highest BCUT2D eigenvalue weighted by Gasteiger charge is 2.07. The van der Waals surface area contributed by atoms with Crippen LogP contribution in [0.5, 0.6) is 0 Å². The van der Waals surface area contributed by atoms with Crippen molar-refractivity contribution in [3.63, 3.8) is 0 Å². The molecule has 0 aromatic heterocycles. The summed E-state index contributed by atoms with van der Waals surface area (Å²) < 4.78 is 25.7. The van der Waals surface area contributed by atoms with Crippen molar-refractivity contribution in [3.8, 4) is 0 Å². The zero-order valence-electron chi connectivity index (χ0n) is 7.43. The Labute approximate surface area is 76.0 Å². The summed E-state index contributed by atoms with van der Waals surface area (Å²) in [5.41, 5.74) is 0.321. The number of rotatable bonds is 3. The summed E-state index contributed by atoms with van der Waals surface area (Å²) in [6.07, 6.45) is 0.361. The summed E-state index contributed by atoms with van der Waals surface area (Å²) in [6, 6.07) is 3.36. The Morgan fingerprint density at radius 3 is 2.69 bits per heavy atom. The van der Waals surface area contributed by atoms with Crippen molar-refractivity contribution in [2.75, 3.05) is 6.61 Å². The topological polar surface area (TPSA) is 20.2 Å². The van der Waals surface area contributed by atoms with Gasteiger partial charge in [-0.15, -0.1) is 0 Å². The van der Waals surface area contributed by atoms with E-state index in [2.05, 4.69) is 0 Å². The Morgan fingerprint density at radius 1 is 1.38 bits per heavy atom. The molecule has 1 N–H and O–H groups in total. The summed E-state index contributed by atoms with van der Waals surface area (Å²) >= 11 is 0. The van der Waals surface area contributed by atoms with Gasteiger partial charge in [0.1, 0.15) is 11.6 Å². The molecule has 0 amide bonds. The molecule has 1 atom stereocenters. The molecular formula is C10H12F2O. The van der Waals surface area contributed by atoms with Crippen LogP contribution in [0.3, 0.4) is 0 Å². The fourth-order valence-corrected chi connectivity index (χ4v) is 1.14. The molecule has 0 fully saturated rings. The van der Waals surface area contributed by atoms with Crippen LogP contribution in [0, 0.1) is 17.6 Å². The summed E-state index contributed by atoms with van der Waals surface area (Å²) in [7, 11) is 0. The minimum Gasteiger partial charge on any atom is -0.396 e. The Balaban J connectivity index is 2.81. The second-order valence-corrected chi connectivity index (χ2v) is 3.23. The first kappa shape index (κ1) is 10.1. The molecule has 1 nitrogen and oxygen atoms in total. The van der Waals surface area contributed by atoms with Gasteiger partial charge in [-0.1, -0.05) is 6.92 Å². The largest absolute Gasteiger partial charge is 0.396 e. The smallest absolute Gasteiger partial charge is 0.126 e. The summed E-state index contributed by atoms with van der Waals surface area (Å²) in [4.78, 5) is 0. The van der Waals surface area contributed by atoms with Gasteiger partial charge in [0.05, 0.1) is 0 Å². The molecule has 1 aromatic carbocycles. The molecule has 0 unspecified atom stereocenters. The van der Waals surface area contributed by atoms with E-state index in [0.29, 0.717) is 12.0 Å². The molecular weight excluding hydrogens is 174 g/mol. The maximum Gasteiger partial charge on any atom is 0.126 e. The third-order valence-corrected chi connectivity index (χ3v) is 1.89. The van der Waals surface area contributed by atoms with Crippen molar-refractivity contribution < 1.29 is 13.9 Å². The summed E-state index contributed by atoms with van der Waals surface area (Å²) in [5, 5.41) is 8.74. The van der Waals surface area contributed by atoms with E-state index in [1.165, 1.54) is 6.07 Å². The van der Waals surface area contributed by atoms with E-state index in [-0.39, 0.29) is 12.5 Å². The fraction of sp³-hybridized carbons (Fsp3) is 0.400. The quantitative estimate of drug-likeness (QED) is 0.766. The predicted molar refractivity (Wildman–Crippen MR) is 46.3 cm³/mol. The molecule has 0 radical (unpaired) electrons. The minimum atomic E-state index is -0.443. The molecule has 0 saturated carbocycles. The lowest BCUT2D eigenvalue weighted by Gasteiger charge is -2.08. The van der Waals surface area contributed by atoms with Gasteiger partial charge >= 0.3 is 0 Å². The molecule has 1 rings (SSSR count). The summed E-state index contributed by atoms with van der Waals surface area (Å²) in [6.45, 7) is 1.76. The third kappa shape index (κ3) is 2.77. The van der Waals surface area contributed by atoms with E-state index in [1.54, 1.807) is 6.92 Å². The van der Waals surface area contributed by atoms with Gasteiger partial charge in [-0.2, -0.15) is 0 Å². The van der Waals surface area contributed by atoms with Crippen molar-refractivity contribution >= 4 is 0 Å². The molecule has 13 heavy (non-hydrogen) atoms. The van der Waals surface area contributed by atoms with Crippen LogP contribution < -0.4 is 0 Å². The SMILES string of the molecule is C[C@@H](CO)Cc1cc(F)ccc1F.